The van der Waals surface area contributed by atoms with Gasteiger partial charge in [0.1, 0.15) is 6.10 Å². The Kier molecular flexibility index (Phi) is 42.7. The van der Waals surface area contributed by atoms with Crippen LogP contribution in [0.5, 0.6) is 0 Å². The zero-order valence-corrected chi connectivity index (χ0v) is 37.5. The smallest absolute Gasteiger partial charge is 0.306 e. The highest BCUT2D eigenvalue weighted by atomic mass is 16.5. The van der Waals surface area contributed by atoms with Crippen molar-refractivity contribution in [1.29, 1.82) is 0 Å². The molecule has 0 saturated heterocycles. The molecular formula is C51H91NO5. The van der Waals surface area contributed by atoms with Gasteiger partial charge in [0.2, 0.25) is 5.91 Å². The van der Waals surface area contributed by atoms with Gasteiger partial charge in [-0.1, -0.05) is 184 Å². The summed E-state index contributed by atoms with van der Waals surface area (Å²) in [6.07, 6.45) is 54.3. The van der Waals surface area contributed by atoms with E-state index in [0.29, 0.717) is 19.3 Å². The predicted octanol–water partition coefficient (Wildman–Crippen LogP) is 14.1. The number of hydrogen-bond acceptors (Lipinski definition) is 5. The molecule has 57 heavy (non-hydrogen) atoms. The van der Waals surface area contributed by atoms with E-state index in [1.807, 2.05) is 0 Å². The van der Waals surface area contributed by atoms with E-state index in [2.05, 4.69) is 86.8 Å². The van der Waals surface area contributed by atoms with Gasteiger partial charge >= 0.3 is 5.97 Å². The second-order valence-electron chi connectivity index (χ2n) is 16.2. The normalized spacial score (nSPS) is 13.8. The number of ether oxygens (including phenoxy) is 1. The zero-order chi connectivity index (χ0) is 41.7. The quantitative estimate of drug-likeness (QED) is 0.0325. The molecule has 0 aliphatic rings. The molecule has 0 heterocycles. The first-order valence-electron chi connectivity index (χ1n) is 24.0. The van der Waals surface area contributed by atoms with Gasteiger partial charge in [0.15, 0.2) is 0 Å². The fourth-order valence-corrected chi connectivity index (χ4v) is 6.86. The first-order valence-corrected chi connectivity index (χ1v) is 24.0. The monoisotopic (exact) mass is 798 g/mol. The van der Waals surface area contributed by atoms with Crippen molar-refractivity contribution in [1.82, 2.24) is 5.32 Å². The second kappa shape index (κ2) is 44.7. The van der Waals surface area contributed by atoms with Crippen LogP contribution in [0, 0.1) is 0 Å². The number of amides is 1. The minimum absolute atomic E-state index is 0.0518. The maximum atomic E-state index is 13.1. The van der Waals surface area contributed by atoms with Crippen molar-refractivity contribution in [2.45, 2.75) is 244 Å². The molecule has 6 heteroatoms. The van der Waals surface area contributed by atoms with Crippen LogP contribution in [0.1, 0.15) is 226 Å². The summed E-state index contributed by atoms with van der Waals surface area (Å²) < 4.78 is 5.88. The topological polar surface area (TPSA) is 95.9 Å². The van der Waals surface area contributed by atoms with Crippen LogP contribution in [-0.2, 0) is 14.3 Å². The lowest BCUT2D eigenvalue weighted by Gasteiger charge is -2.24. The molecule has 0 fully saturated rings. The van der Waals surface area contributed by atoms with Crippen LogP contribution in [0.4, 0.5) is 0 Å². The first-order chi connectivity index (χ1) is 28.0. The van der Waals surface area contributed by atoms with Crippen LogP contribution >= 0.6 is 0 Å². The number of unbranched alkanes of at least 4 members (excludes halogenated alkanes) is 20. The third-order valence-electron chi connectivity index (χ3n) is 10.6. The summed E-state index contributed by atoms with van der Waals surface area (Å²) in [7, 11) is 0. The Labute approximate surface area is 352 Å². The predicted molar refractivity (Wildman–Crippen MR) is 245 cm³/mol. The number of aliphatic hydroxyl groups excluding tert-OH is 2. The maximum Gasteiger partial charge on any atom is 0.306 e. The lowest BCUT2D eigenvalue weighted by atomic mass is 10.0. The Bertz CT molecular complexity index is 1030. The number of allylic oxidation sites excluding steroid dienone is 10. The van der Waals surface area contributed by atoms with Crippen LogP contribution in [0.3, 0.4) is 0 Å². The molecule has 6 nitrogen and oxygen atoms in total. The molecule has 0 rings (SSSR count). The van der Waals surface area contributed by atoms with Gasteiger partial charge in [0.25, 0.3) is 0 Å². The molecule has 0 aliphatic carbocycles. The van der Waals surface area contributed by atoms with Gasteiger partial charge in [0.05, 0.1) is 25.2 Å². The van der Waals surface area contributed by atoms with Gasteiger partial charge in [-0.05, 0) is 89.9 Å². The maximum absolute atomic E-state index is 13.1. The number of rotatable bonds is 42. The summed E-state index contributed by atoms with van der Waals surface area (Å²) in [5, 5.41) is 23.6. The van der Waals surface area contributed by atoms with Crippen LogP contribution in [0.25, 0.3) is 0 Å². The minimum atomic E-state index is -0.796. The number of carbonyl (C=O) groups excluding carboxylic acids is 2. The van der Waals surface area contributed by atoms with Gasteiger partial charge in [-0.15, -0.1) is 0 Å². The van der Waals surface area contributed by atoms with E-state index >= 15 is 0 Å². The van der Waals surface area contributed by atoms with Crippen molar-refractivity contribution in [3.63, 3.8) is 0 Å². The fraction of sp³-hybridized carbons (Fsp3) is 0.765. The molecule has 3 atom stereocenters. The lowest BCUT2D eigenvalue weighted by Crippen LogP contribution is -2.46. The molecule has 0 aliphatic heterocycles. The molecule has 3 N–H and O–H groups in total. The van der Waals surface area contributed by atoms with Gasteiger partial charge < -0.3 is 20.3 Å². The van der Waals surface area contributed by atoms with E-state index < -0.39 is 18.2 Å². The Balaban J connectivity index is 4.55. The van der Waals surface area contributed by atoms with Crippen LogP contribution in [-0.4, -0.2) is 46.9 Å². The summed E-state index contributed by atoms with van der Waals surface area (Å²) in [5.74, 6) is -0.532. The highest BCUT2D eigenvalue weighted by Crippen LogP contribution is 2.17. The minimum Gasteiger partial charge on any atom is -0.462 e. The molecule has 3 unspecified atom stereocenters. The van der Waals surface area contributed by atoms with Gasteiger partial charge in [-0.3, -0.25) is 9.59 Å². The average molecular weight is 798 g/mol. The van der Waals surface area contributed by atoms with Crippen LogP contribution in [0.2, 0.25) is 0 Å². The van der Waals surface area contributed by atoms with Crippen molar-refractivity contribution in [3.8, 4) is 0 Å². The fourth-order valence-electron chi connectivity index (χ4n) is 6.86. The SMILES string of the molecule is CCCC/C=C\CCCCCC(CC(=O)NC(CO)C(O)CCCCCCCCCCCC)OC(=O)CCCCC/C=C\C/C=C\C/C=C\C/C=C\CCCCC. The molecule has 0 radical (unpaired) electrons. The lowest BCUT2D eigenvalue weighted by molar-refractivity contribution is -0.151. The summed E-state index contributed by atoms with van der Waals surface area (Å²) in [6.45, 7) is 6.37. The van der Waals surface area contributed by atoms with E-state index in [-0.39, 0.29) is 24.9 Å². The standard InChI is InChI=1S/C51H91NO5/c1-4-7-10-13-16-19-21-22-23-24-25-26-27-28-29-32-35-38-41-44-51(56)57-47(42-39-36-33-30-18-15-12-9-6-3)45-50(55)52-48(46-53)49(54)43-40-37-34-31-20-17-14-11-8-5-2/h15-16,18-19,22-23,25-26,28-29,47-49,53-54H,4-14,17,20-21,24,27,30-46H2,1-3H3,(H,52,55)/b18-15-,19-16-,23-22-,26-25-,29-28-. The van der Waals surface area contributed by atoms with E-state index in [4.69, 9.17) is 4.74 Å². The van der Waals surface area contributed by atoms with Crippen molar-refractivity contribution in [2.24, 2.45) is 0 Å². The van der Waals surface area contributed by atoms with E-state index in [1.165, 1.54) is 83.5 Å². The molecule has 0 bridgehead atoms. The van der Waals surface area contributed by atoms with E-state index in [1.54, 1.807) is 0 Å². The third kappa shape index (κ3) is 40.1. The van der Waals surface area contributed by atoms with Crippen molar-refractivity contribution in [2.75, 3.05) is 6.61 Å². The van der Waals surface area contributed by atoms with Gasteiger partial charge in [-0.2, -0.15) is 0 Å². The van der Waals surface area contributed by atoms with Crippen LogP contribution < -0.4 is 5.32 Å². The zero-order valence-electron chi connectivity index (χ0n) is 37.5. The molecule has 0 aromatic heterocycles. The number of carbonyl (C=O) groups is 2. The average Bonchev–Trinajstić information content (AvgIpc) is 3.20. The van der Waals surface area contributed by atoms with Gasteiger partial charge in [-0.25, -0.2) is 0 Å². The highest BCUT2D eigenvalue weighted by molar-refractivity contribution is 5.77. The number of aliphatic hydroxyl groups is 2. The molecule has 0 spiro atoms. The Morgan fingerprint density at radius 1 is 0.509 bits per heavy atom. The first kappa shape index (κ1) is 54.6. The number of hydrogen-bond donors (Lipinski definition) is 3. The number of nitrogens with one attached hydrogen (secondary N) is 1. The highest BCUT2D eigenvalue weighted by Gasteiger charge is 2.24. The summed E-state index contributed by atoms with van der Waals surface area (Å²) in [4.78, 5) is 26.0. The summed E-state index contributed by atoms with van der Waals surface area (Å²) >= 11 is 0. The third-order valence-corrected chi connectivity index (χ3v) is 10.6. The largest absolute Gasteiger partial charge is 0.462 e. The second-order valence-corrected chi connectivity index (χ2v) is 16.2. The molecule has 0 saturated carbocycles. The van der Waals surface area contributed by atoms with Crippen molar-refractivity contribution in [3.05, 3.63) is 60.8 Å². The number of esters is 1. The summed E-state index contributed by atoms with van der Waals surface area (Å²) in [5.41, 5.74) is 0. The van der Waals surface area contributed by atoms with Gasteiger partial charge in [0, 0.05) is 6.42 Å². The summed E-state index contributed by atoms with van der Waals surface area (Å²) in [6, 6.07) is -0.712. The molecule has 0 aromatic carbocycles. The molecular weight excluding hydrogens is 707 g/mol. The van der Waals surface area contributed by atoms with E-state index in [0.717, 1.165) is 96.3 Å². The molecule has 1 amide bonds. The molecule has 0 aromatic rings. The molecule has 330 valence electrons. The van der Waals surface area contributed by atoms with E-state index in [9.17, 15) is 19.8 Å². The van der Waals surface area contributed by atoms with Crippen molar-refractivity contribution < 1.29 is 24.5 Å². The Morgan fingerprint density at radius 2 is 0.912 bits per heavy atom. The Hall–Kier alpha value is -2.44. The Morgan fingerprint density at radius 3 is 1.46 bits per heavy atom. The van der Waals surface area contributed by atoms with Crippen LogP contribution in [0.15, 0.2) is 60.8 Å². The van der Waals surface area contributed by atoms with Crippen molar-refractivity contribution >= 4 is 11.9 Å².